The molecule has 2 aromatic carbocycles. The Morgan fingerprint density at radius 2 is 1.92 bits per heavy atom. The van der Waals surface area contributed by atoms with Gasteiger partial charge in [0.2, 0.25) is 0 Å². The first kappa shape index (κ1) is 19.6. The molecule has 0 heterocycles. The smallest absolute Gasteiger partial charge is 0.338 e. The molecule has 2 rings (SSSR count). The summed E-state index contributed by atoms with van der Waals surface area (Å²) in [5.74, 6) is -0.800. The van der Waals surface area contributed by atoms with Crippen LogP contribution in [0.5, 0.6) is 0 Å². The van der Waals surface area contributed by atoms with Crippen LogP contribution < -0.4 is 0 Å². The minimum Gasteiger partial charge on any atom is -0.457 e. The number of nitrogens with zero attached hydrogens (tertiary/aromatic N) is 2. The summed E-state index contributed by atoms with van der Waals surface area (Å²) < 4.78 is 19.3. The summed E-state index contributed by atoms with van der Waals surface area (Å²) in [6.07, 6.45) is 1.76. The Hall–Kier alpha value is -2.69. The highest BCUT2D eigenvalue weighted by atomic mass is 19.1. The van der Waals surface area contributed by atoms with Crippen LogP contribution in [0, 0.1) is 26.6 Å². The molecule has 5 heteroatoms. The number of hydrogen-bond donors (Lipinski definition) is 0. The van der Waals surface area contributed by atoms with Gasteiger partial charge in [-0.1, -0.05) is 18.2 Å². The molecule has 0 fully saturated rings. The van der Waals surface area contributed by atoms with E-state index in [2.05, 4.69) is 4.99 Å². The molecule has 0 radical (unpaired) electrons. The summed E-state index contributed by atoms with van der Waals surface area (Å²) in [6, 6.07) is 8.55. The van der Waals surface area contributed by atoms with E-state index in [9.17, 15) is 9.18 Å². The molecule has 0 saturated carbocycles. The minimum atomic E-state index is -0.465. The number of carbonyl (C=O) groups is 1. The predicted octanol–water partition coefficient (Wildman–Crippen LogP) is 4.72. The van der Waals surface area contributed by atoms with Crippen LogP contribution >= 0.6 is 0 Å². The van der Waals surface area contributed by atoms with Crippen molar-refractivity contribution in [3.8, 4) is 0 Å². The van der Waals surface area contributed by atoms with E-state index in [0.29, 0.717) is 16.7 Å². The Labute approximate surface area is 154 Å². The van der Waals surface area contributed by atoms with E-state index in [1.54, 1.807) is 43.6 Å². The molecular formula is C21H25FN2O2. The highest BCUT2D eigenvalue weighted by Gasteiger charge is 2.15. The largest absolute Gasteiger partial charge is 0.457 e. The van der Waals surface area contributed by atoms with Crippen molar-refractivity contribution in [1.29, 1.82) is 0 Å². The SMILES string of the molecule is CCN(C)/C=N/c1ccc(C(=O)OCc2cccc(C)c2F)c(C)c1C. The van der Waals surface area contributed by atoms with Crippen molar-refractivity contribution in [1.82, 2.24) is 4.90 Å². The summed E-state index contributed by atoms with van der Waals surface area (Å²) >= 11 is 0. The van der Waals surface area contributed by atoms with Crippen molar-refractivity contribution in [2.75, 3.05) is 13.6 Å². The second-order valence-electron chi connectivity index (χ2n) is 6.32. The lowest BCUT2D eigenvalue weighted by molar-refractivity contribution is 0.0468. The van der Waals surface area contributed by atoms with Gasteiger partial charge in [-0.05, 0) is 56.5 Å². The number of aliphatic imine (C=N–C) groups is 1. The maximum Gasteiger partial charge on any atom is 0.338 e. The number of carbonyl (C=O) groups excluding carboxylic acids is 1. The van der Waals surface area contributed by atoms with Gasteiger partial charge in [0.05, 0.1) is 17.6 Å². The highest BCUT2D eigenvalue weighted by Crippen LogP contribution is 2.25. The molecule has 0 amide bonds. The second kappa shape index (κ2) is 8.61. The van der Waals surface area contributed by atoms with E-state index in [1.807, 2.05) is 32.7 Å². The van der Waals surface area contributed by atoms with Gasteiger partial charge < -0.3 is 9.64 Å². The average molecular weight is 356 g/mol. The molecule has 0 bridgehead atoms. The summed E-state index contributed by atoms with van der Waals surface area (Å²) in [4.78, 5) is 18.8. The zero-order valence-electron chi connectivity index (χ0n) is 16.0. The lowest BCUT2D eigenvalue weighted by Crippen LogP contribution is -2.14. The minimum absolute atomic E-state index is 0.0912. The Balaban J connectivity index is 2.15. The molecule has 26 heavy (non-hydrogen) atoms. The molecule has 4 nitrogen and oxygen atoms in total. The molecule has 2 aromatic rings. The lowest BCUT2D eigenvalue weighted by Gasteiger charge is -2.13. The quantitative estimate of drug-likeness (QED) is 0.427. The van der Waals surface area contributed by atoms with Crippen LogP contribution in [-0.2, 0) is 11.3 Å². The van der Waals surface area contributed by atoms with Gasteiger partial charge in [0, 0.05) is 19.2 Å². The molecule has 0 spiro atoms. The lowest BCUT2D eigenvalue weighted by atomic mass is 10.0. The third-order valence-electron chi connectivity index (χ3n) is 4.50. The van der Waals surface area contributed by atoms with Gasteiger partial charge in [-0.2, -0.15) is 0 Å². The van der Waals surface area contributed by atoms with Crippen molar-refractivity contribution in [3.05, 3.63) is 64.0 Å². The van der Waals surface area contributed by atoms with Gasteiger partial charge in [0.15, 0.2) is 0 Å². The van der Waals surface area contributed by atoms with Crippen molar-refractivity contribution in [2.45, 2.75) is 34.3 Å². The monoisotopic (exact) mass is 356 g/mol. The molecule has 0 N–H and O–H groups in total. The Bertz CT molecular complexity index is 831. The molecule has 0 aliphatic rings. The topological polar surface area (TPSA) is 41.9 Å². The van der Waals surface area contributed by atoms with Crippen molar-refractivity contribution in [3.63, 3.8) is 0 Å². The van der Waals surface area contributed by atoms with Gasteiger partial charge in [0.25, 0.3) is 0 Å². The summed E-state index contributed by atoms with van der Waals surface area (Å²) in [5, 5.41) is 0. The Kier molecular flexibility index (Phi) is 6.50. The number of ether oxygens (including phenoxy) is 1. The van der Waals surface area contributed by atoms with E-state index in [4.69, 9.17) is 4.74 Å². The van der Waals surface area contributed by atoms with Crippen LogP contribution in [-0.4, -0.2) is 30.8 Å². The fourth-order valence-corrected chi connectivity index (χ4v) is 2.45. The third-order valence-corrected chi connectivity index (χ3v) is 4.50. The number of rotatable bonds is 6. The fraction of sp³-hybridized carbons (Fsp3) is 0.333. The first-order valence-electron chi connectivity index (χ1n) is 8.60. The van der Waals surface area contributed by atoms with Gasteiger partial charge in [0.1, 0.15) is 12.4 Å². The molecule has 138 valence electrons. The van der Waals surface area contributed by atoms with Crippen LogP contribution in [0.3, 0.4) is 0 Å². The highest BCUT2D eigenvalue weighted by molar-refractivity contribution is 5.92. The zero-order chi connectivity index (χ0) is 19.3. The Morgan fingerprint density at radius 3 is 2.62 bits per heavy atom. The Morgan fingerprint density at radius 1 is 1.19 bits per heavy atom. The number of aryl methyl sites for hydroxylation is 1. The number of halogens is 1. The molecule has 0 aliphatic carbocycles. The molecule has 0 aromatic heterocycles. The summed E-state index contributed by atoms with van der Waals surface area (Å²) in [7, 11) is 1.95. The van der Waals surface area contributed by atoms with Gasteiger partial charge in [-0.3, -0.25) is 0 Å². The summed E-state index contributed by atoms with van der Waals surface area (Å²) in [6.45, 7) is 8.28. The molecule has 0 saturated heterocycles. The van der Waals surface area contributed by atoms with E-state index in [0.717, 1.165) is 23.4 Å². The third kappa shape index (κ3) is 4.48. The number of benzene rings is 2. The number of esters is 1. The van der Waals surface area contributed by atoms with Crippen LogP contribution in [0.4, 0.5) is 10.1 Å². The van der Waals surface area contributed by atoms with Crippen LogP contribution in [0.15, 0.2) is 35.3 Å². The molecular weight excluding hydrogens is 331 g/mol. The zero-order valence-corrected chi connectivity index (χ0v) is 16.0. The number of hydrogen-bond acceptors (Lipinski definition) is 3. The van der Waals surface area contributed by atoms with Gasteiger partial charge >= 0.3 is 5.97 Å². The van der Waals surface area contributed by atoms with E-state index in [1.165, 1.54) is 0 Å². The first-order valence-corrected chi connectivity index (χ1v) is 8.60. The average Bonchev–Trinajstić information content (AvgIpc) is 2.63. The molecule has 0 atom stereocenters. The van der Waals surface area contributed by atoms with Crippen LogP contribution in [0.1, 0.15) is 39.5 Å². The van der Waals surface area contributed by atoms with Gasteiger partial charge in [-0.25, -0.2) is 14.2 Å². The maximum absolute atomic E-state index is 14.0. The normalized spacial score (nSPS) is 11.0. The standard InChI is InChI=1S/C21H25FN2O2/c1-6-24(5)13-23-19-11-10-18(15(3)16(19)4)21(25)26-12-17-9-7-8-14(2)20(17)22/h7-11,13H,6,12H2,1-5H3/b23-13+. The van der Waals surface area contributed by atoms with Crippen molar-refractivity contribution in [2.24, 2.45) is 4.99 Å². The summed E-state index contributed by atoms with van der Waals surface area (Å²) in [5.41, 5.74) is 3.92. The fourth-order valence-electron chi connectivity index (χ4n) is 2.45. The first-order chi connectivity index (χ1) is 12.3. The van der Waals surface area contributed by atoms with Crippen LogP contribution in [0.25, 0.3) is 0 Å². The van der Waals surface area contributed by atoms with Crippen molar-refractivity contribution >= 4 is 18.0 Å². The van der Waals surface area contributed by atoms with Crippen LogP contribution in [0.2, 0.25) is 0 Å². The predicted molar refractivity (Wildman–Crippen MR) is 103 cm³/mol. The molecule has 0 unspecified atom stereocenters. The van der Waals surface area contributed by atoms with E-state index in [-0.39, 0.29) is 12.4 Å². The van der Waals surface area contributed by atoms with E-state index < -0.39 is 5.97 Å². The maximum atomic E-state index is 14.0. The van der Waals surface area contributed by atoms with E-state index >= 15 is 0 Å². The second-order valence-corrected chi connectivity index (χ2v) is 6.32. The van der Waals surface area contributed by atoms with Crippen molar-refractivity contribution < 1.29 is 13.9 Å². The molecule has 0 aliphatic heterocycles. The van der Waals surface area contributed by atoms with Gasteiger partial charge in [-0.15, -0.1) is 0 Å².